The van der Waals surface area contributed by atoms with Crippen molar-refractivity contribution in [2.75, 3.05) is 25.5 Å². The van der Waals surface area contributed by atoms with Crippen LogP contribution in [0, 0.1) is 6.92 Å². The average molecular weight is 429 g/mol. The Balaban J connectivity index is 1.57. The van der Waals surface area contributed by atoms with Gasteiger partial charge in [-0.05, 0) is 48.8 Å². The molecule has 1 N–H and O–H groups in total. The number of H-pyrrole nitrogens is 1. The van der Waals surface area contributed by atoms with Gasteiger partial charge in [-0.2, -0.15) is 0 Å². The third-order valence-electron chi connectivity index (χ3n) is 5.79. The lowest BCUT2D eigenvalue weighted by Crippen LogP contribution is -2.30. The Morgan fingerprint density at radius 1 is 1.22 bits per heavy atom. The Labute approximate surface area is 188 Å². The van der Waals surface area contributed by atoms with Crippen LogP contribution in [0.15, 0.2) is 59.4 Å². The molecule has 0 aliphatic carbocycles. The summed E-state index contributed by atoms with van der Waals surface area (Å²) in [6, 6.07) is 5.72. The van der Waals surface area contributed by atoms with Crippen LogP contribution in [0.2, 0.25) is 0 Å². The van der Waals surface area contributed by atoms with Crippen molar-refractivity contribution in [2.45, 2.75) is 26.8 Å². The van der Waals surface area contributed by atoms with Crippen molar-refractivity contribution in [3.63, 3.8) is 0 Å². The fourth-order valence-corrected chi connectivity index (χ4v) is 3.89. The van der Waals surface area contributed by atoms with E-state index < -0.39 is 0 Å². The Hall–Kier alpha value is -3.74. The van der Waals surface area contributed by atoms with E-state index in [1.165, 1.54) is 23.4 Å². The van der Waals surface area contributed by atoms with E-state index in [-0.39, 0.29) is 5.56 Å². The first kappa shape index (κ1) is 21.5. The first-order chi connectivity index (χ1) is 15.3. The molecule has 1 aliphatic rings. The second-order valence-electron chi connectivity index (χ2n) is 8.35. The second-order valence-corrected chi connectivity index (χ2v) is 8.35. The van der Waals surface area contributed by atoms with E-state index in [1.54, 1.807) is 0 Å². The zero-order valence-electron chi connectivity index (χ0n) is 19.0. The average Bonchev–Trinajstić information content (AvgIpc) is 2.77. The van der Waals surface area contributed by atoms with Gasteiger partial charge >= 0.3 is 0 Å². The molecule has 1 aliphatic heterocycles. The van der Waals surface area contributed by atoms with Crippen LogP contribution in [0.1, 0.15) is 29.6 Å². The van der Waals surface area contributed by atoms with Crippen molar-refractivity contribution >= 4 is 11.9 Å². The van der Waals surface area contributed by atoms with Crippen LogP contribution in [0.4, 0.5) is 5.82 Å². The zero-order valence-corrected chi connectivity index (χ0v) is 19.0. The highest BCUT2D eigenvalue weighted by atomic mass is 16.1. The van der Waals surface area contributed by atoms with Crippen molar-refractivity contribution in [3.05, 3.63) is 87.6 Å². The van der Waals surface area contributed by atoms with Gasteiger partial charge in [0, 0.05) is 80.8 Å². The summed E-state index contributed by atoms with van der Waals surface area (Å²) in [6.07, 6.45) is 8.10. The molecule has 0 saturated carbocycles. The van der Waals surface area contributed by atoms with Crippen molar-refractivity contribution < 1.29 is 0 Å². The summed E-state index contributed by atoms with van der Waals surface area (Å²) in [5.41, 5.74) is 7.38. The number of hydrogen-bond acceptors (Lipinski definition) is 6. The quantitative estimate of drug-likeness (QED) is 0.626. The van der Waals surface area contributed by atoms with Crippen LogP contribution < -0.4 is 10.5 Å². The summed E-state index contributed by atoms with van der Waals surface area (Å²) in [4.78, 5) is 32.0. The number of nitrogens with zero attached hydrogens (tertiary/aromatic N) is 5. The van der Waals surface area contributed by atoms with Gasteiger partial charge in [0.2, 0.25) is 0 Å². The van der Waals surface area contributed by atoms with Gasteiger partial charge in [0.15, 0.2) is 0 Å². The van der Waals surface area contributed by atoms with Crippen molar-refractivity contribution in [1.82, 2.24) is 24.8 Å². The Morgan fingerprint density at radius 2 is 2.03 bits per heavy atom. The molecule has 0 bridgehead atoms. The lowest BCUT2D eigenvalue weighted by atomic mass is 9.98. The summed E-state index contributed by atoms with van der Waals surface area (Å²) < 4.78 is 0. The number of anilines is 1. The van der Waals surface area contributed by atoms with E-state index in [1.807, 2.05) is 44.4 Å². The molecule has 0 unspecified atom stereocenters. The number of aromatic nitrogens is 4. The molecule has 0 saturated heterocycles. The molecule has 4 heterocycles. The predicted molar refractivity (Wildman–Crippen MR) is 128 cm³/mol. The molecule has 0 radical (unpaired) electrons. The Morgan fingerprint density at radius 3 is 2.75 bits per heavy atom. The maximum Gasteiger partial charge on any atom is 0.251 e. The van der Waals surface area contributed by atoms with Gasteiger partial charge in [-0.25, -0.2) is 9.97 Å². The van der Waals surface area contributed by atoms with E-state index >= 15 is 0 Å². The highest BCUT2D eigenvalue weighted by Crippen LogP contribution is 2.29. The molecule has 0 fully saturated rings. The summed E-state index contributed by atoms with van der Waals surface area (Å²) >= 11 is 0. The van der Waals surface area contributed by atoms with Gasteiger partial charge in [-0.1, -0.05) is 6.58 Å². The molecule has 0 atom stereocenters. The summed E-state index contributed by atoms with van der Waals surface area (Å²) in [5, 5.41) is 0. The van der Waals surface area contributed by atoms with Crippen LogP contribution in [-0.2, 0) is 13.0 Å². The Bertz CT molecular complexity index is 1260. The van der Waals surface area contributed by atoms with E-state index in [2.05, 4.69) is 45.5 Å². The van der Waals surface area contributed by atoms with Gasteiger partial charge in [0.05, 0.1) is 0 Å². The number of pyridine rings is 2. The molecular formula is C25H28N6O. The minimum absolute atomic E-state index is 0.168. The molecule has 3 aromatic heterocycles. The highest BCUT2D eigenvalue weighted by molar-refractivity contribution is 5.68. The number of allylic oxidation sites excluding steroid dienone is 1. The van der Waals surface area contributed by atoms with E-state index in [9.17, 15) is 4.79 Å². The third-order valence-corrected chi connectivity index (χ3v) is 5.79. The maximum absolute atomic E-state index is 11.5. The summed E-state index contributed by atoms with van der Waals surface area (Å²) in [7, 11) is 3.98. The molecule has 7 nitrogen and oxygen atoms in total. The molecule has 164 valence electrons. The molecule has 0 spiro atoms. The monoisotopic (exact) mass is 428 g/mol. The molecule has 3 aromatic rings. The zero-order chi connectivity index (χ0) is 22.8. The fourth-order valence-electron chi connectivity index (χ4n) is 3.89. The van der Waals surface area contributed by atoms with Crippen LogP contribution in [-0.4, -0.2) is 45.5 Å². The first-order valence-corrected chi connectivity index (χ1v) is 10.6. The topological polar surface area (TPSA) is 78.0 Å². The van der Waals surface area contributed by atoms with Crippen molar-refractivity contribution in [3.8, 4) is 11.1 Å². The minimum atomic E-state index is -0.168. The number of hydrogen-bond donors (Lipinski definition) is 1. The smallest absolute Gasteiger partial charge is 0.251 e. The van der Waals surface area contributed by atoms with Crippen LogP contribution >= 0.6 is 0 Å². The first-order valence-electron chi connectivity index (χ1n) is 10.6. The molecular weight excluding hydrogens is 400 g/mol. The highest BCUT2D eigenvalue weighted by Gasteiger charge is 2.20. The van der Waals surface area contributed by atoms with Gasteiger partial charge in [-0.3, -0.25) is 9.78 Å². The normalized spacial score (nSPS) is 13.6. The van der Waals surface area contributed by atoms with Crippen molar-refractivity contribution in [1.29, 1.82) is 0 Å². The molecule has 0 aromatic carbocycles. The maximum atomic E-state index is 11.5. The predicted octanol–water partition coefficient (Wildman–Crippen LogP) is 3.58. The minimum Gasteiger partial charge on any atom is -0.367 e. The number of fused-ring (bicyclic) bond motifs is 1. The molecule has 4 rings (SSSR count). The van der Waals surface area contributed by atoms with Crippen LogP contribution in [0.3, 0.4) is 0 Å². The SMILES string of the molecule is C=C(/C(C)=C\c1nccc(=O)[nH]1)N1CCc2ncc(-c3cnc(N(C)C)cc3C)cc2C1. The van der Waals surface area contributed by atoms with E-state index in [4.69, 9.17) is 4.98 Å². The molecule has 7 heteroatoms. The summed E-state index contributed by atoms with van der Waals surface area (Å²) in [5.74, 6) is 1.47. The number of nitrogens with one attached hydrogen (secondary N) is 1. The molecule has 32 heavy (non-hydrogen) atoms. The van der Waals surface area contributed by atoms with Gasteiger partial charge in [0.1, 0.15) is 11.6 Å². The van der Waals surface area contributed by atoms with Crippen LogP contribution in [0.5, 0.6) is 0 Å². The van der Waals surface area contributed by atoms with Gasteiger partial charge in [0.25, 0.3) is 5.56 Å². The van der Waals surface area contributed by atoms with E-state index in [0.717, 1.165) is 53.4 Å². The summed E-state index contributed by atoms with van der Waals surface area (Å²) in [6.45, 7) is 9.97. The third kappa shape index (κ3) is 4.46. The standard InChI is InChI=1S/C25H28N6O/c1-16(10-23-26-8-6-25(32)29-23)18(3)31-9-7-22-20(15-31)12-19(13-27-22)21-14-28-24(30(4)5)11-17(21)2/h6,8,10-14H,3,7,9,15H2,1-2,4-5H3,(H,26,29,32)/b16-10-. The van der Waals surface area contributed by atoms with Gasteiger partial charge < -0.3 is 14.8 Å². The van der Waals surface area contributed by atoms with Crippen molar-refractivity contribution in [2.24, 2.45) is 0 Å². The number of rotatable bonds is 5. The fraction of sp³-hybridized carbons (Fsp3) is 0.280. The Kier molecular flexibility index (Phi) is 5.90. The number of aromatic amines is 1. The largest absolute Gasteiger partial charge is 0.367 e. The second kappa shape index (κ2) is 8.78. The molecule has 0 amide bonds. The van der Waals surface area contributed by atoms with Gasteiger partial charge in [-0.15, -0.1) is 0 Å². The lowest BCUT2D eigenvalue weighted by molar-refractivity contribution is 0.326. The number of aryl methyl sites for hydroxylation is 1. The van der Waals surface area contributed by atoms with E-state index in [0.29, 0.717) is 5.82 Å². The lowest BCUT2D eigenvalue weighted by Gasteiger charge is -2.32. The van der Waals surface area contributed by atoms with Crippen LogP contribution in [0.25, 0.3) is 17.2 Å².